The van der Waals surface area contributed by atoms with Gasteiger partial charge in [-0.2, -0.15) is 0 Å². The molecular weight excluding hydrogens is 336 g/mol. The summed E-state index contributed by atoms with van der Waals surface area (Å²) in [5, 5.41) is 2.76. The van der Waals surface area contributed by atoms with Crippen molar-refractivity contribution in [3.8, 4) is 0 Å². The molecule has 1 aliphatic heterocycles. The second-order valence-electron chi connectivity index (χ2n) is 5.03. The van der Waals surface area contributed by atoms with Crippen LogP contribution in [0.2, 0.25) is 0 Å². The van der Waals surface area contributed by atoms with Crippen LogP contribution in [0, 0.1) is 0 Å². The van der Waals surface area contributed by atoms with Gasteiger partial charge in [0.05, 0.1) is 19.6 Å². The first kappa shape index (κ1) is 16.0. The van der Waals surface area contributed by atoms with Crippen LogP contribution in [0.3, 0.4) is 0 Å². The van der Waals surface area contributed by atoms with Gasteiger partial charge in [-0.05, 0) is 24.6 Å². The quantitative estimate of drug-likeness (QED) is 0.887. The van der Waals surface area contributed by atoms with Crippen LogP contribution in [0.5, 0.6) is 0 Å². The minimum Gasteiger partial charge on any atom is -0.378 e. The third-order valence-electron chi connectivity index (χ3n) is 3.35. The summed E-state index contributed by atoms with van der Waals surface area (Å²) in [7, 11) is 0. The summed E-state index contributed by atoms with van der Waals surface area (Å²) in [6.45, 7) is 4.02. The zero-order chi connectivity index (χ0) is 15.2. The average molecular weight is 355 g/mol. The minimum atomic E-state index is -0.508. The number of benzene rings is 1. The zero-order valence-corrected chi connectivity index (χ0v) is 13.6. The summed E-state index contributed by atoms with van der Waals surface area (Å²) in [6.07, 6.45) is 0.272. The zero-order valence-electron chi connectivity index (χ0n) is 12.0. The number of hydrogen-bond acceptors (Lipinski definition) is 3. The first-order valence-corrected chi connectivity index (χ1v) is 7.76. The molecule has 6 heteroatoms. The number of rotatable bonds is 4. The SMILES string of the molecule is C[C@@H](NC(=O)Cc1ccc(Br)cc1)C(=O)N1CCOCC1. The van der Waals surface area contributed by atoms with E-state index in [2.05, 4.69) is 21.2 Å². The van der Waals surface area contributed by atoms with Crippen molar-refractivity contribution in [2.24, 2.45) is 0 Å². The Labute approximate surface area is 132 Å². The van der Waals surface area contributed by atoms with Gasteiger partial charge in [-0.3, -0.25) is 9.59 Å². The molecule has 1 atom stereocenters. The molecule has 1 aromatic carbocycles. The number of morpholine rings is 1. The fourth-order valence-corrected chi connectivity index (χ4v) is 2.46. The molecule has 1 aliphatic rings. The largest absolute Gasteiger partial charge is 0.378 e. The summed E-state index contributed by atoms with van der Waals surface area (Å²) in [4.78, 5) is 25.9. The highest BCUT2D eigenvalue weighted by molar-refractivity contribution is 9.10. The lowest BCUT2D eigenvalue weighted by Gasteiger charge is -2.29. The van der Waals surface area contributed by atoms with Crippen molar-refractivity contribution in [3.05, 3.63) is 34.3 Å². The average Bonchev–Trinajstić information content (AvgIpc) is 2.49. The Morgan fingerprint density at radius 3 is 2.52 bits per heavy atom. The highest BCUT2D eigenvalue weighted by Gasteiger charge is 2.23. The summed E-state index contributed by atoms with van der Waals surface area (Å²) >= 11 is 3.35. The predicted molar refractivity (Wildman–Crippen MR) is 82.8 cm³/mol. The molecule has 5 nitrogen and oxygen atoms in total. The van der Waals surface area contributed by atoms with Gasteiger partial charge in [0.25, 0.3) is 0 Å². The number of carbonyl (C=O) groups excluding carboxylic acids is 2. The van der Waals surface area contributed by atoms with Crippen LogP contribution < -0.4 is 5.32 Å². The van der Waals surface area contributed by atoms with Crippen molar-refractivity contribution in [2.75, 3.05) is 26.3 Å². The summed E-state index contributed by atoms with van der Waals surface area (Å²) in [5.41, 5.74) is 0.918. The minimum absolute atomic E-state index is 0.0533. The molecule has 1 heterocycles. The number of hydrogen-bond donors (Lipinski definition) is 1. The molecule has 2 rings (SSSR count). The molecule has 21 heavy (non-hydrogen) atoms. The highest BCUT2D eigenvalue weighted by Crippen LogP contribution is 2.11. The highest BCUT2D eigenvalue weighted by atomic mass is 79.9. The van der Waals surface area contributed by atoms with Gasteiger partial charge in [-0.15, -0.1) is 0 Å². The molecule has 0 aromatic heterocycles. The summed E-state index contributed by atoms with van der Waals surface area (Å²) in [5.74, 6) is -0.200. The maximum absolute atomic E-state index is 12.2. The van der Waals surface area contributed by atoms with Gasteiger partial charge in [0.1, 0.15) is 6.04 Å². The fourth-order valence-electron chi connectivity index (χ4n) is 2.20. The van der Waals surface area contributed by atoms with Crippen LogP contribution in [-0.2, 0) is 20.7 Å². The standard InChI is InChI=1S/C15H19BrN2O3/c1-11(15(20)18-6-8-21-9-7-18)17-14(19)10-12-2-4-13(16)5-3-12/h2-5,11H,6-10H2,1H3,(H,17,19)/t11-/m1/s1. The summed E-state index contributed by atoms with van der Waals surface area (Å²) in [6, 6.07) is 7.05. The van der Waals surface area contributed by atoms with Crippen molar-refractivity contribution in [1.82, 2.24) is 10.2 Å². The van der Waals surface area contributed by atoms with Gasteiger partial charge >= 0.3 is 0 Å². The lowest BCUT2D eigenvalue weighted by atomic mass is 10.1. The Kier molecular flexibility index (Phi) is 5.76. The molecule has 1 fully saturated rings. The van der Waals surface area contributed by atoms with Gasteiger partial charge in [-0.25, -0.2) is 0 Å². The van der Waals surface area contributed by atoms with Crippen LogP contribution >= 0.6 is 15.9 Å². The lowest BCUT2D eigenvalue weighted by Crippen LogP contribution is -2.50. The van der Waals surface area contributed by atoms with Crippen molar-refractivity contribution >= 4 is 27.7 Å². The predicted octanol–water partition coefficient (Wildman–Crippen LogP) is 1.36. The topological polar surface area (TPSA) is 58.6 Å². The molecule has 0 radical (unpaired) electrons. The molecule has 0 unspecified atom stereocenters. The molecule has 1 N–H and O–H groups in total. The van der Waals surface area contributed by atoms with Crippen LogP contribution in [0.1, 0.15) is 12.5 Å². The van der Waals surface area contributed by atoms with Crippen molar-refractivity contribution in [1.29, 1.82) is 0 Å². The lowest BCUT2D eigenvalue weighted by molar-refractivity contribution is -0.139. The molecule has 0 saturated carbocycles. The normalized spacial score (nSPS) is 16.4. The van der Waals surface area contributed by atoms with Crippen molar-refractivity contribution < 1.29 is 14.3 Å². The smallest absolute Gasteiger partial charge is 0.245 e. The van der Waals surface area contributed by atoms with Crippen molar-refractivity contribution in [2.45, 2.75) is 19.4 Å². The second kappa shape index (κ2) is 7.56. The van der Waals surface area contributed by atoms with E-state index in [0.29, 0.717) is 26.3 Å². The van der Waals surface area contributed by atoms with Crippen LogP contribution in [0.4, 0.5) is 0 Å². The molecule has 114 valence electrons. The van der Waals surface area contributed by atoms with Gasteiger partial charge in [0, 0.05) is 17.6 Å². The molecule has 0 bridgehead atoms. The van der Waals surface area contributed by atoms with Crippen LogP contribution in [-0.4, -0.2) is 49.1 Å². The van der Waals surface area contributed by atoms with Crippen LogP contribution in [0.15, 0.2) is 28.7 Å². The van der Waals surface area contributed by atoms with E-state index < -0.39 is 6.04 Å². The van der Waals surface area contributed by atoms with Crippen LogP contribution in [0.25, 0.3) is 0 Å². The number of carbonyl (C=O) groups is 2. The number of amides is 2. The fraction of sp³-hybridized carbons (Fsp3) is 0.467. The molecule has 1 saturated heterocycles. The molecule has 0 aliphatic carbocycles. The Hall–Kier alpha value is -1.40. The van der Waals surface area contributed by atoms with E-state index in [1.807, 2.05) is 24.3 Å². The molecule has 1 aromatic rings. The Bertz CT molecular complexity index is 498. The van der Waals surface area contributed by atoms with E-state index in [0.717, 1.165) is 10.0 Å². The van der Waals surface area contributed by atoms with E-state index in [4.69, 9.17) is 4.74 Å². The third kappa shape index (κ3) is 4.82. The number of halogens is 1. The van der Waals surface area contributed by atoms with Gasteiger partial charge in [0.15, 0.2) is 0 Å². The number of ether oxygens (including phenoxy) is 1. The molecule has 0 spiro atoms. The van der Waals surface area contributed by atoms with Crippen molar-refractivity contribution in [3.63, 3.8) is 0 Å². The van der Waals surface area contributed by atoms with E-state index in [1.54, 1.807) is 11.8 Å². The number of nitrogens with one attached hydrogen (secondary N) is 1. The molecule has 2 amide bonds. The van der Waals surface area contributed by atoms with Gasteiger partial charge < -0.3 is 15.0 Å². The Morgan fingerprint density at radius 2 is 1.90 bits per heavy atom. The van der Waals surface area contributed by atoms with E-state index in [-0.39, 0.29) is 18.2 Å². The van der Waals surface area contributed by atoms with E-state index in [1.165, 1.54) is 0 Å². The third-order valence-corrected chi connectivity index (χ3v) is 3.88. The first-order chi connectivity index (χ1) is 10.1. The van der Waals surface area contributed by atoms with Gasteiger partial charge in [0.2, 0.25) is 11.8 Å². The Morgan fingerprint density at radius 1 is 1.29 bits per heavy atom. The maximum atomic E-state index is 12.2. The first-order valence-electron chi connectivity index (χ1n) is 6.96. The molecular formula is C15H19BrN2O3. The van der Waals surface area contributed by atoms with E-state index >= 15 is 0 Å². The van der Waals surface area contributed by atoms with E-state index in [9.17, 15) is 9.59 Å². The summed E-state index contributed by atoms with van der Waals surface area (Å²) < 4.78 is 6.19. The maximum Gasteiger partial charge on any atom is 0.245 e. The van der Waals surface area contributed by atoms with Gasteiger partial charge in [-0.1, -0.05) is 28.1 Å². The monoisotopic (exact) mass is 354 g/mol. The number of nitrogens with zero attached hydrogens (tertiary/aromatic N) is 1. The second-order valence-corrected chi connectivity index (χ2v) is 5.95. The Balaban J connectivity index is 1.83.